The van der Waals surface area contributed by atoms with Crippen molar-refractivity contribution in [2.75, 3.05) is 5.32 Å². The zero-order valence-electron chi connectivity index (χ0n) is 14.4. The second-order valence-electron chi connectivity index (χ2n) is 6.18. The van der Waals surface area contributed by atoms with Crippen LogP contribution in [-0.2, 0) is 0 Å². The van der Waals surface area contributed by atoms with Crippen molar-refractivity contribution in [2.24, 2.45) is 0 Å². The van der Waals surface area contributed by atoms with Crippen LogP contribution in [0.2, 0.25) is 0 Å². The zero-order valence-corrected chi connectivity index (χ0v) is 14.4. The van der Waals surface area contributed by atoms with Gasteiger partial charge in [0.05, 0.1) is 16.8 Å². The van der Waals surface area contributed by atoms with Gasteiger partial charge in [0.2, 0.25) is 0 Å². The molecular formula is C21H14FN3O3. The molecule has 1 heterocycles. The lowest BCUT2D eigenvalue weighted by molar-refractivity contribution is 0.0696. The Balaban J connectivity index is 1.62. The van der Waals surface area contributed by atoms with Gasteiger partial charge in [-0.15, -0.1) is 0 Å². The summed E-state index contributed by atoms with van der Waals surface area (Å²) in [6.07, 6.45) is 0. The minimum atomic E-state index is -1.05. The van der Waals surface area contributed by atoms with E-state index in [-0.39, 0.29) is 17.3 Å². The van der Waals surface area contributed by atoms with Gasteiger partial charge in [-0.05, 0) is 66.7 Å². The number of hydrogen-bond acceptors (Lipinski definition) is 3. The van der Waals surface area contributed by atoms with Crippen LogP contribution in [0.25, 0.3) is 22.2 Å². The number of carboxylic acid groups (broad SMARTS) is 1. The molecule has 3 aromatic carbocycles. The van der Waals surface area contributed by atoms with Gasteiger partial charge < -0.3 is 10.4 Å². The van der Waals surface area contributed by atoms with Crippen LogP contribution >= 0.6 is 0 Å². The number of H-pyrrole nitrogens is 1. The SMILES string of the molecule is O=C(O)c1ccc(C(=O)Nc2ccc3[nH]nc(-c4ccc(F)cc4)c3c2)cc1. The highest BCUT2D eigenvalue weighted by molar-refractivity contribution is 6.06. The lowest BCUT2D eigenvalue weighted by Crippen LogP contribution is -2.12. The Bertz CT molecular complexity index is 1180. The number of benzene rings is 3. The van der Waals surface area contributed by atoms with Gasteiger partial charge in [0.15, 0.2) is 0 Å². The van der Waals surface area contributed by atoms with Gasteiger partial charge in [0, 0.05) is 22.2 Å². The second kappa shape index (κ2) is 6.96. The van der Waals surface area contributed by atoms with Crippen LogP contribution < -0.4 is 5.32 Å². The molecule has 0 aliphatic rings. The van der Waals surface area contributed by atoms with Crippen molar-refractivity contribution < 1.29 is 19.1 Å². The van der Waals surface area contributed by atoms with E-state index in [1.54, 1.807) is 30.3 Å². The Labute approximate surface area is 158 Å². The number of fused-ring (bicyclic) bond motifs is 1. The Morgan fingerprint density at radius 3 is 2.29 bits per heavy atom. The maximum Gasteiger partial charge on any atom is 0.335 e. The maximum atomic E-state index is 13.2. The molecule has 0 spiro atoms. The van der Waals surface area contributed by atoms with Gasteiger partial charge in [-0.1, -0.05) is 0 Å². The van der Waals surface area contributed by atoms with Crippen molar-refractivity contribution in [3.63, 3.8) is 0 Å². The molecule has 0 saturated carbocycles. The second-order valence-corrected chi connectivity index (χ2v) is 6.18. The minimum absolute atomic E-state index is 0.111. The molecule has 1 aromatic heterocycles. The average Bonchev–Trinajstić information content (AvgIpc) is 3.12. The van der Waals surface area contributed by atoms with E-state index in [0.29, 0.717) is 16.9 Å². The number of aromatic nitrogens is 2. The average molecular weight is 375 g/mol. The van der Waals surface area contributed by atoms with Crippen molar-refractivity contribution in [3.05, 3.63) is 83.7 Å². The van der Waals surface area contributed by atoms with Gasteiger partial charge in [0.25, 0.3) is 5.91 Å². The summed E-state index contributed by atoms with van der Waals surface area (Å²) in [6.45, 7) is 0. The molecule has 0 saturated heterocycles. The fraction of sp³-hybridized carbons (Fsp3) is 0. The lowest BCUT2D eigenvalue weighted by Gasteiger charge is -2.06. The van der Waals surface area contributed by atoms with Crippen LogP contribution in [0, 0.1) is 5.82 Å². The minimum Gasteiger partial charge on any atom is -0.478 e. The van der Waals surface area contributed by atoms with Gasteiger partial charge in [-0.25, -0.2) is 9.18 Å². The molecule has 0 aliphatic carbocycles. The summed E-state index contributed by atoms with van der Waals surface area (Å²) >= 11 is 0. The molecule has 0 radical (unpaired) electrons. The molecule has 0 aliphatic heterocycles. The molecule has 4 rings (SSSR count). The normalized spacial score (nSPS) is 10.8. The van der Waals surface area contributed by atoms with Crippen LogP contribution in [-0.4, -0.2) is 27.2 Å². The van der Waals surface area contributed by atoms with E-state index in [0.717, 1.165) is 16.5 Å². The molecule has 7 heteroatoms. The summed E-state index contributed by atoms with van der Waals surface area (Å²) in [4.78, 5) is 23.3. The molecule has 138 valence electrons. The molecule has 6 nitrogen and oxygen atoms in total. The summed E-state index contributed by atoms with van der Waals surface area (Å²) in [5.41, 5.74) is 3.20. The smallest absolute Gasteiger partial charge is 0.335 e. The molecule has 0 unspecified atom stereocenters. The Morgan fingerprint density at radius 2 is 1.61 bits per heavy atom. The highest BCUT2D eigenvalue weighted by Gasteiger charge is 2.12. The zero-order chi connectivity index (χ0) is 19.7. The highest BCUT2D eigenvalue weighted by atomic mass is 19.1. The number of carboxylic acids is 1. The number of anilines is 1. The van der Waals surface area contributed by atoms with E-state index in [4.69, 9.17) is 5.11 Å². The first kappa shape index (κ1) is 17.4. The summed E-state index contributed by atoms with van der Waals surface area (Å²) in [5, 5.41) is 19.7. The summed E-state index contributed by atoms with van der Waals surface area (Å²) in [6, 6.07) is 17.0. The van der Waals surface area contributed by atoms with Crippen LogP contribution in [0.1, 0.15) is 20.7 Å². The number of halogens is 1. The van der Waals surface area contributed by atoms with Crippen LogP contribution in [0.4, 0.5) is 10.1 Å². The molecule has 3 N–H and O–H groups in total. The molecule has 0 atom stereocenters. The molecule has 1 amide bonds. The predicted octanol–water partition coefficient (Wildman–Crippen LogP) is 4.32. The van der Waals surface area contributed by atoms with Crippen molar-refractivity contribution >= 4 is 28.5 Å². The fourth-order valence-corrected chi connectivity index (χ4v) is 2.89. The third-order valence-electron chi connectivity index (χ3n) is 4.33. The number of carbonyl (C=O) groups is 2. The molecular weight excluding hydrogens is 361 g/mol. The van der Waals surface area contributed by atoms with Crippen molar-refractivity contribution in [1.82, 2.24) is 10.2 Å². The largest absolute Gasteiger partial charge is 0.478 e. The van der Waals surface area contributed by atoms with E-state index in [9.17, 15) is 14.0 Å². The first-order chi connectivity index (χ1) is 13.5. The molecule has 0 bridgehead atoms. The van der Waals surface area contributed by atoms with Gasteiger partial charge in [-0.2, -0.15) is 5.10 Å². The number of hydrogen-bond donors (Lipinski definition) is 3. The van der Waals surface area contributed by atoms with Crippen LogP contribution in [0.3, 0.4) is 0 Å². The van der Waals surface area contributed by atoms with Crippen molar-refractivity contribution in [3.8, 4) is 11.3 Å². The topological polar surface area (TPSA) is 95.1 Å². The van der Waals surface area contributed by atoms with E-state index in [1.165, 1.54) is 36.4 Å². The number of nitrogens with zero attached hydrogens (tertiary/aromatic N) is 1. The maximum absolute atomic E-state index is 13.2. The van der Waals surface area contributed by atoms with E-state index in [2.05, 4.69) is 15.5 Å². The Morgan fingerprint density at radius 1 is 0.929 bits per heavy atom. The van der Waals surface area contributed by atoms with Crippen LogP contribution in [0.5, 0.6) is 0 Å². The number of aromatic amines is 1. The molecule has 4 aromatic rings. The van der Waals surface area contributed by atoms with Gasteiger partial charge in [-0.3, -0.25) is 9.89 Å². The fourth-order valence-electron chi connectivity index (χ4n) is 2.89. The first-order valence-corrected chi connectivity index (χ1v) is 8.40. The number of rotatable bonds is 4. The van der Waals surface area contributed by atoms with E-state index < -0.39 is 5.97 Å². The number of amides is 1. The van der Waals surface area contributed by atoms with Gasteiger partial charge in [0.1, 0.15) is 5.82 Å². The summed E-state index contributed by atoms with van der Waals surface area (Å²) in [7, 11) is 0. The Kier molecular flexibility index (Phi) is 4.33. The Hall–Kier alpha value is -4.00. The van der Waals surface area contributed by atoms with Crippen molar-refractivity contribution in [2.45, 2.75) is 0 Å². The van der Waals surface area contributed by atoms with Crippen molar-refractivity contribution in [1.29, 1.82) is 0 Å². The number of aromatic carboxylic acids is 1. The quantitative estimate of drug-likeness (QED) is 0.495. The first-order valence-electron chi connectivity index (χ1n) is 8.40. The number of carbonyl (C=O) groups excluding carboxylic acids is 1. The number of nitrogens with one attached hydrogen (secondary N) is 2. The molecule has 0 fully saturated rings. The van der Waals surface area contributed by atoms with Gasteiger partial charge >= 0.3 is 5.97 Å². The standard InChI is InChI=1S/C21H14FN3O3/c22-15-7-5-12(6-8-15)19-17-11-16(9-10-18(17)24-25-19)23-20(26)13-1-3-14(4-2-13)21(27)28/h1-11H,(H,23,26)(H,24,25)(H,27,28). The summed E-state index contributed by atoms with van der Waals surface area (Å²) in [5.74, 6) is -1.74. The predicted molar refractivity (Wildman–Crippen MR) is 103 cm³/mol. The summed E-state index contributed by atoms with van der Waals surface area (Å²) < 4.78 is 13.2. The molecule has 28 heavy (non-hydrogen) atoms. The van der Waals surface area contributed by atoms with E-state index in [1.807, 2.05) is 0 Å². The van der Waals surface area contributed by atoms with Crippen LogP contribution in [0.15, 0.2) is 66.7 Å². The van der Waals surface area contributed by atoms with E-state index >= 15 is 0 Å². The lowest BCUT2D eigenvalue weighted by atomic mass is 10.1. The monoisotopic (exact) mass is 375 g/mol. The highest BCUT2D eigenvalue weighted by Crippen LogP contribution is 2.28. The third kappa shape index (κ3) is 3.33. The third-order valence-corrected chi connectivity index (χ3v) is 4.33.